The van der Waals surface area contributed by atoms with Crippen molar-refractivity contribution in [1.29, 1.82) is 0 Å². The maximum Gasteiger partial charge on any atom is 0.0662 e. The van der Waals surface area contributed by atoms with Crippen LogP contribution in [0.25, 0.3) is 0 Å². The summed E-state index contributed by atoms with van der Waals surface area (Å²) in [4.78, 5) is 0. The lowest BCUT2D eigenvalue weighted by molar-refractivity contribution is 0.660. The maximum absolute atomic E-state index is 5.87. The molecule has 0 saturated carbocycles. The molecule has 0 radical (unpaired) electrons. The van der Waals surface area contributed by atoms with Crippen molar-refractivity contribution in [2.75, 3.05) is 0 Å². The van der Waals surface area contributed by atoms with Gasteiger partial charge in [0.05, 0.1) is 12.7 Å². The first kappa shape index (κ1) is 13.7. The van der Waals surface area contributed by atoms with Gasteiger partial charge in [-0.25, -0.2) is 0 Å². The lowest BCUT2D eigenvalue weighted by Gasteiger charge is -2.07. The zero-order valence-electron chi connectivity index (χ0n) is 10.1. The highest BCUT2D eigenvalue weighted by molar-refractivity contribution is 5.85. The molecule has 0 aliphatic heterocycles. The minimum absolute atomic E-state index is 0. The van der Waals surface area contributed by atoms with Crippen LogP contribution in [0, 0.1) is 6.92 Å². The predicted molar refractivity (Wildman–Crippen MR) is 72.4 cm³/mol. The minimum atomic E-state index is 0. The molecule has 2 N–H and O–H groups in total. The van der Waals surface area contributed by atoms with Gasteiger partial charge >= 0.3 is 0 Å². The standard InChI is InChI=1S/C13H17N3.ClH/c1-10(14)13-8-15-16(11(13)2)9-12-6-4-3-5-7-12;/h3-8,10H,9,14H2,1-2H3;1H/t10-;/m0./s1. The van der Waals surface area contributed by atoms with E-state index in [-0.39, 0.29) is 18.4 Å². The van der Waals surface area contributed by atoms with Crippen molar-refractivity contribution in [1.82, 2.24) is 9.78 Å². The van der Waals surface area contributed by atoms with Crippen molar-refractivity contribution in [3.63, 3.8) is 0 Å². The third-order valence-electron chi connectivity index (χ3n) is 2.81. The molecular weight excluding hydrogens is 234 g/mol. The van der Waals surface area contributed by atoms with Gasteiger partial charge in [0, 0.05) is 17.3 Å². The van der Waals surface area contributed by atoms with Crippen LogP contribution >= 0.6 is 12.4 Å². The molecule has 1 atom stereocenters. The minimum Gasteiger partial charge on any atom is -0.324 e. The Labute approximate surface area is 108 Å². The smallest absolute Gasteiger partial charge is 0.0662 e. The molecule has 0 unspecified atom stereocenters. The van der Waals surface area contributed by atoms with E-state index in [2.05, 4.69) is 24.2 Å². The Morgan fingerprint density at radius 3 is 2.47 bits per heavy atom. The fourth-order valence-electron chi connectivity index (χ4n) is 1.82. The Kier molecular flexibility index (Phi) is 4.73. The summed E-state index contributed by atoms with van der Waals surface area (Å²) in [5, 5.41) is 4.37. The second-order valence-corrected chi connectivity index (χ2v) is 4.12. The summed E-state index contributed by atoms with van der Waals surface area (Å²) >= 11 is 0. The summed E-state index contributed by atoms with van der Waals surface area (Å²) in [7, 11) is 0. The maximum atomic E-state index is 5.87. The molecule has 0 bridgehead atoms. The van der Waals surface area contributed by atoms with Gasteiger partial charge in [-0.3, -0.25) is 4.68 Å². The van der Waals surface area contributed by atoms with Crippen molar-refractivity contribution >= 4 is 12.4 Å². The molecule has 0 aliphatic carbocycles. The first-order valence-electron chi connectivity index (χ1n) is 5.50. The Morgan fingerprint density at radius 1 is 1.29 bits per heavy atom. The number of hydrogen-bond donors (Lipinski definition) is 1. The monoisotopic (exact) mass is 251 g/mol. The first-order valence-corrected chi connectivity index (χ1v) is 5.50. The van der Waals surface area contributed by atoms with E-state index in [0.29, 0.717) is 0 Å². The summed E-state index contributed by atoms with van der Waals surface area (Å²) in [6.07, 6.45) is 1.86. The van der Waals surface area contributed by atoms with Crippen LogP contribution in [0.1, 0.15) is 29.8 Å². The molecule has 0 aliphatic rings. The van der Waals surface area contributed by atoms with E-state index < -0.39 is 0 Å². The number of nitrogens with zero attached hydrogens (tertiary/aromatic N) is 2. The second kappa shape index (κ2) is 5.84. The van der Waals surface area contributed by atoms with E-state index in [1.807, 2.05) is 36.0 Å². The Morgan fingerprint density at radius 2 is 1.94 bits per heavy atom. The molecule has 1 heterocycles. The van der Waals surface area contributed by atoms with Gasteiger partial charge in [-0.05, 0) is 19.4 Å². The summed E-state index contributed by atoms with van der Waals surface area (Å²) in [5.41, 5.74) is 9.40. The highest BCUT2D eigenvalue weighted by atomic mass is 35.5. The number of halogens is 1. The SMILES string of the molecule is Cc1c([C@H](C)N)cnn1Cc1ccccc1.Cl. The molecule has 1 aromatic heterocycles. The van der Waals surface area contributed by atoms with Gasteiger partial charge in [0.1, 0.15) is 0 Å². The van der Waals surface area contributed by atoms with E-state index in [1.54, 1.807) is 0 Å². The van der Waals surface area contributed by atoms with Gasteiger partial charge in [0.15, 0.2) is 0 Å². The normalized spacial score (nSPS) is 11.9. The summed E-state index contributed by atoms with van der Waals surface area (Å²) in [5.74, 6) is 0. The van der Waals surface area contributed by atoms with Gasteiger partial charge < -0.3 is 5.73 Å². The molecular formula is C13H18ClN3. The number of benzene rings is 1. The fourth-order valence-corrected chi connectivity index (χ4v) is 1.82. The Balaban J connectivity index is 0.00000144. The first-order chi connectivity index (χ1) is 7.68. The van der Waals surface area contributed by atoms with Crippen molar-refractivity contribution in [3.05, 3.63) is 53.3 Å². The molecule has 3 nitrogen and oxygen atoms in total. The van der Waals surface area contributed by atoms with Crippen LogP contribution in [0.2, 0.25) is 0 Å². The van der Waals surface area contributed by atoms with Crippen LogP contribution in [-0.2, 0) is 6.54 Å². The topological polar surface area (TPSA) is 43.8 Å². The highest BCUT2D eigenvalue weighted by Crippen LogP contribution is 2.15. The van der Waals surface area contributed by atoms with Crippen LogP contribution in [0.4, 0.5) is 0 Å². The van der Waals surface area contributed by atoms with E-state index >= 15 is 0 Å². The zero-order chi connectivity index (χ0) is 11.5. The lowest BCUT2D eigenvalue weighted by Crippen LogP contribution is -2.08. The van der Waals surface area contributed by atoms with Gasteiger partial charge in [0.2, 0.25) is 0 Å². The molecule has 2 rings (SSSR count). The highest BCUT2D eigenvalue weighted by Gasteiger charge is 2.09. The summed E-state index contributed by atoms with van der Waals surface area (Å²) in [6.45, 7) is 4.85. The van der Waals surface area contributed by atoms with Crippen LogP contribution in [0.15, 0.2) is 36.5 Å². The van der Waals surface area contributed by atoms with Gasteiger partial charge in [0.25, 0.3) is 0 Å². The second-order valence-electron chi connectivity index (χ2n) is 4.12. The van der Waals surface area contributed by atoms with Crippen LogP contribution < -0.4 is 5.73 Å². The van der Waals surface area contributed by atoms with E-state index in [9.17, 15) is 0 Å². The fraction of sp³-hybridized carbons (Fsp3) is 0.308. The molecule has 4 heteroatoms. The van der Waals surface area contributed by atoms with E-state index in [4.69, 9.17) is 5.73 Å². The molecule has 17 heavy (non-hydrogen) atoms. The number of rotatable bonds is 3. The molecule has 0 spiro atoms. The number of nitrogens with two attached hydrogens (primary N) is 1. The third kappa shape index (κ3) is 3.08. The van der Waals surface area contributed by atoms with Crippen molar-refractivity contribution in [3.8, 4) is 0 Å². The molecule has 0 fully saturated rings. The molecule has 2 aromatic rings. The average Bonchev–Trinajstić information content (AvgIpc) is 2.62. The van der Waals surface area contributed by atoms with Crippen molar-refractivity contribution in [2.45, 2.75) is 26.4 Å². The molecule has 1 aromatic carbocycles. The zero-order valence-corrected chi connectivity index (χ0v) is 10.9. The third-order valence-corrected chi connectivity index (χ3v) is 2.81. The summed E-state index contributed by atoms with van der Waals surface area (Å²) in [6, 6.07) is 10.4. The molecule has 0 saturated heterocycles. The molecule has 92 valence electrons. The van der Waals surface area contributed by atoms with Gasteiger partial charge in [-0.1, -0.05) is 30.3 Å². The van der Waals surface area contributed by atoms with Crippen molar-refractivity contribution in [2.24, 2.45) is 5.73 Å². The molecule has 0 amide bonds. The van der Waals surface area contributed by atoms with Gasteiger partial charge in [-0.15, -0.1) is 12.4 Å². The summed E-state index contributed by atoms with van der Waals surface area (Å²) < 4.78 is 1.99. The number of hydrogen-bond acceptors (Lipinski definition) is 2. The van der Waals surface area contributed by atoms with Crippen molar-refractivity contribution < 1.29 is 0 Å². The largest absolute Gasteiger partial charge is 0.324 e. The predicted octanol–water partition coefficient (Wildman–Crippen LogP) is 2.68. The van der Waals surface area contributed by atoms with E-state index in [1.165, 1.54) is 5.56 Å². The number of aromatic nitrogens is 2. The van der Waals surface area contributed by atoms with E-state index in [0.717, 1.165) is 17.8 Å². The van der Waals surface area contributed by atoms with Crippen LogP contribution in [-0.4, -0.2) is 9.78 Å². The lowest BCUT2D eigenvalue weighted by atomic mass is 10.1. The Bertz CT molecular complexity index is 463. The quantitative estimate of drug-likeness (QED) is 0.912. The average molecular weight is 252 g/mol. The van der Waals surface area contributed by atoms with Gasteiger partial charge in [-0.2, -0.15) is 5.10 Å². The Hall–Kier alpha value is -1.32. The van der Waals surface area contributed by atoms with Crippen LogP contribution in [0.3, 0.4) is 0 Å². The van der Waals surface area contributed by atoms with Crippen LogP contribution in [0.5, 0.6) is 0 Å².